The molecule has 1 heterocycles. The molecule has 2 nitrogen and oxygen atoms in total. The van der Waals surface area contributed by atoms with Crippen LogP contribution in [0.1, 0.15) is 9.85 Å². The number of pyridine rings is 1. The lowest BCUT2D eigenvalue weighted by Gasteiger charge is -2.10. The van der Waals surface area contributed by atoms with E-state index >= 15 is 0 Å². The summed E-state index contributed by atoms with van der Waals surface area (Å²) in [6.45, 7) is 0. The smallest absolute Gasteiger partial charge is 0.125 e. The van der Waals surface area contributed by atoms with Crippen LogP contribution in [-0.4, -0.2) is 12.1 Å². The molecule has 0 N–H and O–H groups in total. The van der Waals surface area contributed by atoms with Gasteiger partial charge in [-0.15, -0.1) is 11.6 Å². The highest BCUT2D eigenvalue weighted by Gasteiger charge is 2.11. The van der Waals surface area contributed by atoms with Crippen LogP contribution in [0.2, 0.25) is 0 Å². The number of hydrogen-bond donors (Lipinski definition) is 0. The molecule has 0 aliphatic carbocycles. The van der Waals surface area contributed by atoms with Gasteiger partial charge in [0.1, 0.15) is 10.0 Å². The highest BCUT2D eigenvalue weighted by molar-refractivity contribution is 9.09. The van der Waals surface area contributed by atoms with Gasteiger partial charge in [0, 0.05) is 23.3 Å². The molecule has 0 amide bonds. The second kappa shape index (κ2) is 4.37. The van der Waals surface area contributed by atoms with Gasteiger partial charge >= 0.3 is 0 Å². The normalized spacial score (nSPS) is 12.7. The Morgan fingerprint density at radius 1 is 1.40 bits per heavy atom. The monoisotopic (exact) mass is 285 g/mol. The SMILES string of the molecule is COc1cc2ccncc2cc1C(Cl)Br. The molecular weight excluding hydrogens is 277 g/mol. The van der Waals surface area contributed by atoms with Crippen molar-refractivity contribution in [2.75, 3.05) is 7.11 Å². The quantitative estimate of drug-likeness (QED) is 0.782. The van der Waals surface area contributed by atoms with Gasteiger partial charge in [-0.3, -0.25) is 4.98 Å². The lowest BCUT2D eigenvalue weighted by molar-refractivity contribution is 0.412. The van der Waals surface area contributed by atoms with Crippen LogP contribution < -0.4 is 4.74 Å². The van der Waals surface area contributed by atoms with Crippen molar-refractivity contribution in [2.24, 2.45) is 0 Å². The number of nitrogens with zero attached hydrogens (tertiary/aromatic N) is 1. The standard InChI is InChI=1S/C11H9BrClNO/c1-15-10-5-7-2-3-14-6-8(7)4-9(10)11(12)13/h2-6,11H,1H3. The number of methoxy groups -OCH3 is 1. The van der Waals surface area contributed by atoms with E-state index in [1.54, 1.807) is 13.3 Å². The van der Waals surface area contributed by atoms with Gasteiger partial charge in [-0.2, -0.15) is 0 Å². The van der Waals surface area contributed by atoms with Crippen LogP contribution in [0.5, 0.6) is 5.75 Å². The molecule has 0 aliphatic heterocycles. The molecule has 4 heteroatoms. The van der Waals surface area contributed by atoms with E-state index in [1.807, 2.05) is 24.4 Å². The second-order valence-corrected chi connectivity index (χ2v) is 5.00. The van der Waals surface area contributed by atoms with Crippen molar-refractivity contribution in [1.82, 2.24) is 4.98 Å². The number of alkyl halides is 2. The molecule has 0 fully saturated rings. The fourth-order valence-corrected chi connectivity index (χ4v) is 2.01. The Hall–Kier alpha value is -0.800. The number of halogens is 2. The summed E-state index contributed by atoms with van der Waals surface area (Å²) in [4.78, 5) is 4.07. The number of hydrogen-bond acceptors (Lipinski definition) is 2. The lowest BCUT2D eigenvalue weighted by Crippen LogP contribution is -1.91. The summed E-state index contributed by atoms with van der Waals surface area (Å²) in [6, 6.07) is 5.88. The van der Waals surface area contributed by atoms with Crippen LogP contribution in [0.25, 0.3) is 10.8 Å². The molecule has 0 radical (unpaired) electrons. The molecule has 0 bridgehead atoms. The highest BCUT2D eigenvalue weighted by Crippen LogP contribution is 2.36. The number of ether oxygens (including phenoxy) is 1. The van der Waals surface area contributed by atoms with E-state index < -0.39 is 0 Å². The van der Waals surface area contributed by atoms with Crippen molar-refractivity contribution in [3.8, 4) is 5.75 Å². The van der Waals surface area contributed by atoms with Gasteiger partial charge in [0.2, 0.25) is 0 Å². The van der Waals surface area contributed by atoms with Gasteiger partial charge in [-0.05, 0) is 23.6 Å². The van der Waals surface area contributed by atoms with Gasteiger partial charge in [-0.1, -0.05) is 15.9 Å². The molecule has 2 aromatic rings. The second-order valence-electron chi connectivity index (χ2n) is 3.12. The minimum absolute atomic E-state index is 0.253. The largest absolute Gasteiger partial charge is 0.496 e. The first-order valence-corrected chi connectivity index (χ1v) is 5.77. The molecule has 0 saturated heterocycles. The van der Waals surface area contributed by atoms with Crippen molar-refractivity contribution in [3.05, 3.63) is 36.2 Å². The van der Waals surface area contributed by atoms with Gasteiger partial charge in [0.05, 0.1) is 7.11 Å². The van der Waals surface area contributed by atoms with Crippen LogP contribution in [-0.2, 0) is 0 Å². The summed E-state index contributed by atoms with van der Waals surface area (Å²) in [5, 5.41) is 2.15. The predicted molar refractivity (Wildman–Crippen MR) is 65.8 cm³/mol. The third-order valence-electron chi connectivity index (χ3n) is 2.22. The Labute approximate surface area is 101 Å². The molecule has 2 rings (SSSR count). The first-order chi connectivity index (χ1) is 7.22. The van der Waals surface area contributed by atoms with Crippen LogP contribution in [0.4, 0.5) is 0 Å². The summed E-state index contributed by atoms with van der Waals surface area (Å²) < 4.78 is 5.03. The number of benzene rings is 1. The van der Waals surface area contributed by atoms with Crippen LogP contribution >= 0.6 is 27.5 Å². The van der Waals surface area contributed by atoms with E-state index in [1.165, 1.54) is 0 Å². The Balaban J connectivity index is 2.69. The predicted octanol–water partition coefficient (Wildman–Crippen LogP) is 3.88. The summed E-state index contributed by atoms with van der Waals surface area (Å²) in [7, 11) is 1.64. The van der Waals surface area contributed by atoms with Gasteiger partial charge in [-0.25, -0.2) is 0 Å². The lowest BCUT2D eigenvalue weighted by atomic mass is 10.1. The molecule has 1 aromatic carbocycles. The Bertz CT molecular complexity index is 487. The maximum atomic E-state index is 6.00. The maximum absolute atomic E-state index is 6.00. The third-order valence-corrected chi connectivity index (χ3v) is 2.95. The van der Waals surface area contributed by atoms with E-state index in [2.05, 4.69) is 20.9 Å². The minimum Gasteiger partial charge on any atom is -0.496 e. The number of rotatable bonds is 2. The van der Waals surface area contributed by atoms with E-state index in [0.29, 0.717) is 0 Å². The summed E-state index contributed by atoms with van der Waals surface area (Å²) in [6.07, 6.45) is 3.57. The maximum Gasteiger partial charge on any atom is 0.125 e. The van der Waals surface area contributed by atoms with Crippen molar-refractivity contribution < 1.29 is 4.74 Å². The van der Waals surface area contributed by atoms with E-state index in [9.17, 15) is 0 Å². The fraction of sp³-hybridized carbons (Fsp3) is 0.182. The van der Waals surface area contributed by atoms with Crippen LogP contribution in [0.3, 0.4) is 0 Å². The molecule has 78 valence electrons. The number of aromatic nitrogens is 1. The van der Waals surface area contributed by atoms with Crippen molar-refractivity contribution in [2.45, 2.75) is 4.29 Å². The average molecular weight is 287 g/mol. The number of fused-ring (bicyclic) bond motifs is 1. The van der Waals surface area contributed by atoms with E-state index in [0.717, 1.165) is 22.1 Å². The van der Waals surface area contributed by atoms with Gasteiger partial charge in [0.15, 0.2) is 0 Å². The molecule has 0 saturated carbocycles. The molecule has 0 aliphatic rings. The summed E-state index contributed by atoms with van der Waals surface area (Å²) in [5.41, 5.74) is 0.916. The summed E-state index contributed by atoms with van der Waals surface area (Å²) >= 11 is 9.33. The fourth-order valence-electron chi connectivity index (χ4n) is 1.48. The van der Waals surface area contributed by atoms with Gasteiger partial charge < -0.3 is 4.74 Å². The zero-order valence-corrected chi connectivity index (χ0v) is 10.4. The van der Waals surface area contributed by atoms with Gasteiger partial charge in [0.25, 0.3) is 0 Å². The Kier molecular flexibility index (Phi) is 3.12. The zero-order chi connectivity index (χ0) is 10.8. The Morgan fingerprint density at radius 3 is 2.87 bits per heavy atom. The third kappa shape index (κ3) is 2.08. The van der Waals surface area contributed by atoms with Crippen molar-refractivity contribution in [3.63, 3.8) is 0 Å². The first kappa shape index (κ1) is 10.7. The molecular formula is C11H9BrClNO. The van der Waals surface area contributed by atoms with Crippen LogP contribution in [0, 0.1) is 0 Å². The topological polar surface area (TPSA) is 22.1 Å². The first-order valence-electron chi connectivity index (χ1n) is 4.42. The molecule has 15 heavy (non-hydrogen) atoms. The highest BCUT2D eigenvalue weighted by atomic mass is 79.9. The minimum atomic E-state index is -0.253. The van der Waals surface area contributed by atoms with E-state index in [4.69, 9.17) is 16.3 Å². The molecule has 1 atom stereocenters. The zero-order valence-electron chi connectivity index (χ0n) is 8.08. The van der Waals surface area contributed by atoms with Crippen molar-refractivity contribution in [1.29, 1.82) is 0 Å². The van der Waals surface area contributed by atoms with E-state index in [-0.39, 0.29) is 4.29 Å². The Morgan fingerprint density at radius 2 is 2.20 bits per heavy atom. The van der Waals surface area contributed by atoms with Crippen LogP contribution in [0.15, 0.2) is 30.6 Å². The molecule has 1 unspecified atom stereocenters. The molecule has 0 spiro atoms. The average Bonchev–Trinajstić information content (AvgIpc) is 2.27. The van der Waals surface area contributed by atoms with Crippen molar-refractivity contribution >= 4 is 38.3 Å². The summed E-state index contributed by atoms with van der Waals surface area (Å²) in [5.74, 6) is 0.783. The molecule has 1 aromatic heterocycles.